The van der Waals surface area contributed by atoms with Crippen molar-refractivity contribution in [3.63, 3.8) is 0 Å². The molecular formula is C20H24FN3O2. The van der Waals surface area contributed by atoms with E-state index in [-0.39, 0.29) is 23.5 Å². The van der Waals surface area contributed by atoms with Crippen LogP contribution in [0.4, 0.5) is 4.39 Å². The molecule has 1 atom stereocenters. The number of piperidine rings is 1. The van der Waals surface area contributed by atoms with Crippen LogP contribution in [0.3, 0.4) is 0 Å². The van der Waals surface area contributed by atoms with Crippen LogP contribution in [0.2, 0.25) is 0 Å². The number of nitriles is 1. The summed E-state index contributed by atoms with van der Waals surface area (Å²) in [5, 5.41) is 12.5. The molecule has 1 heterocycles. The molecule has 138 valence electrons. The molecule has 1 saturated heterocycles. The van der Waals surface area contributed by atoms with Gasteiger partial charge in [-0.05, 0) is 49.9 Å². The van der Waals surface area contributed by atoms with Gasteiger partial charge in [0.15, 0.2) is 0 Å². The molecule has 0 bridgehead atoms. The van der Waals surface area contributed by atoms with Crippen molar-refractivity contribution in [2.75, 3.05) is 13.1 Å². The van der Waals surface area contributed by atoms with Gasteiger partial charge in [0, 0.05) is 18.7 Å². The van der Waals surface area contributed by atoms with Crippen LogP contribution in [-0.4, -0.2) is 35.3 Å². The lowest BCUT2D eigenvalue weighted by Crippen LogP contribution is -2.53. The fraction of sp³-hybridized carbons (Fsp3) is 0.550. The maximum Gasteiger partial charge on any atom is 0.253 e. The smallest absolute Gasteiger partial charge is 0.253 e. The van der Waals surface area contributed by atoms with Crippen LogP contribution >= 0.6 is 0 Å². The predicted octanol–water partition coefficient (Wildman–Crippen LogP) is 3.02. The van der Waals surface area contributed by atoms with Gasteiger partial charge < -0.3 is 10.2 Å². The second-order valence-electron chi connectivity index (χ2n) is 7.34. The maximum absolute atomic E-state index is 13.0. The predicted molar refractivity (Wildman–Crippen MR) is 94.6 cm³/mol. The molecule has 1 saturated carbocycles. The molecule has 1 aliphatic heterocycles. The topological polar surface area (TPSA) is 73.2 Å². The Hall–Kier alpha value is -2.42. The van der Waals surface area contributed by atoms with Crippen molar-refractivity contribution < 1.29 is 14.0 Å². The van der Waals surface area contributed by atoms with Crippen LogP contribution in [0, 0.1) is 23.1 Å². The zero-order valence-electron chi connectivity index (χ0n) is 14.8. The first-order valence-electron chi connectivity index (χ1n) is 9.31. The van der Waals surface area contributed by atoms with Crippen LogP contribution in [0.1, 0.15) is 55.3 Å². The number of hydrogen-bond acceptors (Lipinski definition) is 3. The zero-order valence-corrected chi connectivity index (χ0v) is 14.8. The van der Waals surface area contributed by atoms with Crippen molar-refractivity contribution in [1.82, 2.24) is 10.2 Å². The molecule has 1 N–H and O–H groups in total. The van der Waals surface area contributed by atoms with Crippen molar-refractivity contribution in [1.29, 1.82) is 5.26 Å². The highest BCUT2D eigenvalue weighted by molar-refractivity contribution is 5.94. The molecule has 2 aliphatic rings. The maximum atomic E-state index is 13.0. The summed E-state index contributed by atoms with van der Waals surface area (Å²) in [6.07, 6.45) is 5.84. The standard InChI is InChI=1S/C20H24FN3O2/c21-17-8-6-15(7-9-17)19(26)24-12-4-5-16(13-24)18(25)23-20(14-22)10-2-1-3-11-20/h6-9,16H,1-5,10-13H2,(H,23,25). The summed E-state index contributed by atoms with van der Waals surface area (Å²) < 4.78 is 13.0. The molecule has 3 rings (SSSR count). The molecule has 2 amide bonds. The molecule has 0 spiro atoms. The van der Waals surface area contributed by atoms with Crippen LogP contribution in [0.15, 0.2) is 24.3 Å². The molecule has 1 aromatic carbocycles. The first-order chi connectivity index (χ1) is 12.5. The summed E-state index contributed by atoms with van der Waals surface area (Å²) in [5.74, 6) is -1.01. The van der Waals surface area contributed by atoms with Crippen molar-refractivity contribution in [3.8, 4) is 6.07 Å². The summed E-state index contributed by atoms with van der Waals surface area (Å²) in [6.45, 7) is 0.924. The Morgan fingerprint density at radius 3 is 2.50 bits per heavy atom. The summed E-state index contributed by atoms with van der Waals surface area (Å²) in [4.78, 5) is 27.0. The molecule has 6 heteroatoms. The van der Waals surface area contributed by atoms with Gasteiger partial charge in [-0.15, -0.1) is 0 Å². The lowest BCUT2D eigenvalue weighted by atomic mass is 9.82. The van der Waals surface area contributed by atoms with E-state index < -0.39 is 5.54 Å². The minimum Gasteiger partial charge on any atom is -0.338 e. The number of nitrogens with one attached hydrogen (secondary N) is 1. The lowest BCUT2D eigenvalue weighted by molar-refractivity contribution is -0.128. The van der Waals surface area contributed by atoms with E-state index >= 15 is 0 Å². The minimum absolute atomic E-state index is 0.134. The van der Waals surface area contributed by atoms with Gasteiger partial charge in [-0.1, -0.05) is 19.3 Å². The fourth-order valence-corrected chi connectivity index (χ4v) is 3.91. The van der Waals surface area contributed by atoms with Gasteiger partial charge in [0.2, 0.25) is 5.91 Å². The number of nitrogens with zero attached hydrogens (tertiary/aromatic N) is 2. The second-order valence-corrected chi connectivity index (χ2v) is 7.34. The molecule has 1 unspecified atom stereocenters. The van der Waals surface area contributed by atoms with E-state index in [1.54, 1.807) is 4.90 Å². The van der Waals surface area contributed by atoms with Gasteiger partial charge in [-0.25, -0.2) is 4.39 Å². The largest absolute Gasteiger partial charge is 0.338 e. The van der Waals surface area contributed by atoms with E-state index in [0.717, 1.165) is 25.7 Å². The van der Waals surface area contributed by atoms with E-state index in [2.05, 4.69) is 11.4 Å². The average molecular weight is 357 g/mol. The molecule has 26 heavy (non-hydrogen) atoms. The van der Waals surface area contributed by atoms with Crippen molar-refractivity contribution in [2.24, 2.45) is 5.92 Å². The normalized spacial score (nSPS) is 22.3. The van der Waals surface area contributed by atoms with E-state index in [9.17, 15) is 19.2 Å². The fourth-order valence-electron chi connectivity index (χ4n) is 3.91. The monoisotopic (exact) mass is 357 g/mol. The number of hydrogen-bond donors (Lipinski definition) is 1. The number of rotatable bonds is 3. The van der Waals surface area contributed by atoms with E-state index in [0.29, 0.717) is 37.9 Å². The Morgan fingerprint density at radius 1 is 1.15 bits per heavy atom. The highest BCUT2D eigenvalue weighted by Crippen LogP contribution is 2.29. The van der Waals surface area contributed by atoms with Gasteiger partial charge in [0.1, 0.15) is 11.4 Å². The number of carbonyl (C=O) groups excluding carboxylic acids is 2. The van der Waals surface area contributed by atoms with Crippen molar-refractivity contribution >= 4 is 11.8 Å². The van der Waals surface area contributed by atoms with Crippen LogP contribution in [0.25, 0.3) is 0 Å². The van der Waals surface area contributed by atoms with Crippen molar-refractivity contribution in [2.45, 2.75) is 50.5 Å². The van der Waals surface area contributed by atoms with Gasteiger partial charge in [0.05, 0.1) is 12.0 Å². The first kappa shape index (κ1) is 18.4. The lowest BCUT2D eigenvalue weighted by Gasteiger charge is -2.36. The zero-order chi connectivity index (χ0) is 18.6. The van der Waals surface area contributed by atoms with Gasteiger partial charge >= 0.3 is 0 Å². The Balaban J connectivity index is 1.64. The highest BCUT2D eigenvalue weighted by atomic mass is 19.1. The van der Waals surface area contributed by atoms with Crippen LogP contribution in [0.5, 0.6) is 0 Å². The molecule has 2 fully saturated rings. The number of benzene rings is 1. The molecule has 5 nitrogen and oxygen atoms in total. The minimum atomic E-state index is -0.751. The molecule has 1 aliphatic carbocycles. The number of likely N-dealkylation sites (tertiary alicyclic amines) is 1. The second kappa shape index (κ2) is 7.86. The third-order valence-corrected chi connectivity index (χ3v) is 5.45. The molecule has 1 aromatic rings. The van der Waals surface area contributed by atoms with Crippen LogP contribution < -0.4 is 5.32 Å². The summed E-state index contributed by atoms with van der Waals surface area (Å²) in [7, 11) is 0. The number of amides is 2. The summed E-state index contributed by atoms with van der Waals surface area (Å²) in [5.41, 5.74) is -0.327. The molecular weight excluding hydrogens is 333 g/mol. The third-order valence-electron chi connectivity index (χ3n) is 5.45. The Kier molecular flexibility index (Phi) is 5.55. The Bertz CT molecular complexity index is 705. The highest BCUT2D eigenvalue weighted by Gasteiger charge is 2.37. The average Bonchev–Trinajstić information content (AvgIpc) is 2.69. The number of carbonyl (C=O) groups is 2. The van der Waals surface area contributed by atoms with Gasteiger partial charge in [0.25, 0.3) is 5.91 Å². The van der Waals surface area contributed by atoms with E-state index in [4.69, 9.17) is 0 Å². The SMILES string of the molecule is N#CC1(NC(=O)C2CCCN(C(=O)c3ccc(F)cc3)C2)CCCCC1. The summed E-state index contributed by atoms with van der Waals surface area (Å²) in [6, 6.07) is 7.77. The number of halogens is 1. The van der Waals surface area contributed by atoms with Gasteiger partial charge in [-0.3, -0.25) is 9.59 Å². The van der Waals surface area contributed by atoms with Gasteiger partial charge in [-0.2, -0.15) is 5.26 Å². The molecule has 0 radical (unpaired) electrons. The van der Waals surface area contributed by atoms with E-state index in [1.807, 2.05) is 0 Å². The quantitative estimate of drug-likeness (QED) is 0.904. The first-order valence-corrected chi connectivity index (χ1v) is 9.31. The van der Waals surface area contributed by atoms with Crippen molar-refractivity contribution in [3.05, 3.63) is 35.6 Å². The molecule has 0 aromatic heterocycles. The van der Waals surface area contributed by atoms with E-state index in [1.165, 1.54) is 24.3 Å². The third kappa shape index (κ3) is 4.04. The summed E-state index contributed by atoms with van der Waals surface area (Å²) >= 11 is 0. The van der Waals surface area contributed by atoms with Crippen LogP contribution in [-0.2, 0) is 4.79 Å². The Morgan fingerprint density at radius 2 is 1.85 bits per heavy atom. The Labute approximate surface area is 153 Å².